The van der Waals surface area contributed by atoms with Gasteiger partial charge >= 0.3 is 0 Å². The van der Waals surface area contributed by atoms with E-state index in [1.54, 1.807) is 13.2 Å². The summed E-state index contributed by atoms with van der Waals surface area (Å²) in [5.74, 6) is 1.01. The molecule has 0 radical (unpaired) electrons. The van der Waals surface area contributed by atoms with E-state index in [2.05, 4.69) is 4.90 Å². The van der Waals surface area contributed by atoms with Gasteiger partial charge in [0.2, 0.25) is 0 Å². The number of benzene rings is 2. The van der Waals surface area contributed by atoms with E-state index in [0.717, 1.165) is 49.2 Å². The van der Waals surface area contributed by atoms with Gasteiger partial charge in [-0.05, 0) is 36.6 Å². The fraction of sp³-hybridized carbons (Fsp3) is 0.455. The lowest BCUT2D eigenvalue weighted by molar-refractivity contribution is -0.148. The highest BCUT2D eigenvalue weighted by molar-refractivity contribution is 5.33. The van der Waals surface area contributed by atoms with Crippen molar-refractivity contribution >= 4 is 0 Å². The minimum atomic E-state index is -0.795. The summed E-state index contributed by atoms with van der Waals surface area (Å²) in [6.45, 7) is 2.21. The molecule has 2 aliphatic rings. The highest BCUT2D eigenvalue weighted by atomic mass is 19.1. The van der Waals surface area contributed by atoms with Crippen LogP contribution in [0.5, 0.6) is 5.75 Å². The van der Waals surface area contributed by atoms with Crippen molar-refractivity contribution < 1.29 is 14.2 Å². The summed E-state index contributed by atoms with van der Waals surface area (Å²) in [5, 5.41) is 11.7. The van der Waals surface area contributed by atoms with E-state index in [9.17, 15) is 9.50 Å². The predicted molar refractivity (Wildman–Crippen MR) is 99.4 cm³/mol. The molecule has 2 bridgehead atoms. The minimum absolute atomic E-state index is 0.145. The molecule has 138 valence electrons. The third kappa shape index (κ3) is 3.01. The van der Waals surface area contributed by atoms with Gasteiger partial charge in [-0.3, -0.25) is 4.90 Å². The summed E-state index contributed by atoms with van der Waals surface area (Å²) in [7, 11) is 1.65. The number of aliphatic hydroxyl groups is 1. The zero-order chi connectivity index (χ0) is 18.1. The minimum Gasteiger partial charge on any atom is -0.497 e. The van der Waals surface area contributed by atoms with Gasteiger partial charge in [-0.15, -0.1) is 0 Å². The Morgan fingerprint density at radius 3 is 2.35 bits per heavy atom. The fourth-order valence-electron chi connectivity index (χ4n) is 4.87. The van der Waals surface area contributed by atoms with Crippen LogP contribution < -0.4 is 4.74 Å². The zero-order valence-corrected chi connectivity index (χ0v) is 15.2. The van der Waals surface area contributed by atoms with E-state index in [1.807, 2.05) is 36.4 Å². The molecule has 3 nitrogen and oxygen atoms in total. The van der Waals surface area contributed by atoms with Crippen LogP contribution in [0.25, 0.3) is 0 Å². The van der Waals surface area contributed by atoms with E-state index >= 15 is 0 Å². The Hall–Kier alpha value is -1.91. The second kappa shape index (κ2) is 7.01. The van der Waals surface area contributed by atoms with Gasteiger partial charge in [0.25, 0.3) is 0 Å². The maximum absolute atomic E-state index is 14.0. The first-order valence-electron chi connectivity index (χ1n) is 9.44. The maximum atomic E-state index is 14.0. The molecule has 4 heteroatoms. The molecule has 1 aliphatic heterocycles. The first-order chi connectivity index (χ1) is 12.6. The van der Waals surface area contributed by atoms with Crippen molar-refractivity contribution in [1.82, 2.24) is 4.90 Å². The molecular weight excluding hydrogens is 329 g/mol. The Morgan fingerprint density at radius 1 is 1.08 bits per heavy atom. The molecule has 0 spiro atoms. The molecule has 1 saturated heterocycles. The number of fused-ring (bicyclic) bond motifs is 2. The summed E-state index contributed by atoms with van der Waals surface area (Å²) in [4.78, 5) is 2.31. The van der Waals surface area contributed by atoms with Crippen LogP contribution in [0.4, 0.5) is 4.39 Å². The van der Waals surface area contributed by atoms with Crippen molar-refractivity contribution in [3.05, 3.63) is 65.5 Å². The average Bonchev–Trinajstić information content (AvgIpc) is 2.64. The van der Waals surface area contributed by atoms with Gasteiger partial charge in [0.05, 0.1) is 12.7 Å². The van der Waals surface area contributed by atoms with Crippen molar-refractivity contribution in [1.29, 1.82) is 0 Å². The number of hydrogen-bond acceptors (Lipinski definition) is 3. The number of likely N-dealkylation sites (tertiary alicyclic amines) is 1. The van der Waals surface area contributed by atoms with Crippen LogP contribution in [0.1, 0.15) is 30.4 Å². The number of methoxy groups -OCH3 is 1. The van der Waals surface area contributed by atoms with Crippen molar-refractivity contribution in [2.45, 2.75) is 31.4 Å². The Labute approximate surface area is 154 Å². The smallest absolute Gasteiger partial charge is 0.127 e. The first-order valence-corrected chi connectivity index (χ1v) is 9.44. The summed E-state index contributed by atoms with van der Waals surface area (Å²) < 4.78 is 19.3. The molecule has 26 heavy (non-hydrogen) atoms. The first kappa shape index (κ1) is 17.5. The van der Waals surface area contributed by atoms with Crippen molar-refractivity contribution in [3.63, 3.8) is 0 Å². The molecule has 0 aromatic heterocycles. The molecule has 2 aromatic rings. The van der Waals surface area contributed by atoms with Crippen molar-refractivity contribution in [2.75, 3.05) is 20.2 Å². The van der Waals surface area contributed by atoms with Gasteiger partial charge in [0.1, 0.15) is 11.6 Å². The standard InChI is InChI=1S/C22H26FNO2/c1-26-20-11-9-17(10-12-20)22(25)18-6-4-7-19(22)15-24(14-18)13-16-5-2-3-8-21(16)23/h2-3,5,8-12,18-19,25H,4,6-7,13-15H2,1H3/t18-,19+,22?. The highest BCUT2D eigenvalue weighted by Gasteiger charge is 2.51. The van der Waals surface area contributed by atoms with Gasteiger partial charge in [-0.25, -0.2) is 4.39 Å². The molecule has 4 rings (SSSR count). The van der Waals surface area contributed by atoms with Gasteiger partial charge in [0.15, 0.2) is 0 Å². The number of piperidine rings is 1. The Bertz CT molecular complexity index is 747. The van der Waals surface area contributed by atoms with Crippen LogP contribution in [0, 0.1) is 17.7 Å². The second-order valence-electron chi connectivity index (χ2n) is 7.66. The predicted octanol–water partition coefficient (Wildman–Crippen LogP) is 3.95. The molecule has 0 amide bonds. The Kier molecular flexibility index (Phi) is 4.72. The van der Waals surface area contributed by atoms with Crippen molar-refractivity contribution in [3.8, 4) is 5.75 Å². The Morgan fingerprint density at radius 2 is 1.73 bits per heavy atom. The summed E-state index contributed by atoms with van der Waals surface area (Å²) >= 11 is 0. The van der Waals surface area contributed by atoms with E-state index in [0.29, 0.717) is 6.54 Å². The third-order valence-corrected chi connectivity index (χ3v) is 6.21. The number of hydrogen-bond donors (Lipinski definition) is 1. The molecule has 1 heterocycles. The van der Waals surface area contributed by atoms with Gasteiger partial charge < -0.3 is 9.84 Å². The molecule has 2 fully saturated rings. The van der Waals surface area contributed by atoms with E-state index < -0.39 is 5.60 Å². The zero-order valence-electron chi connectivity index (χ0n) is 15.2. The van der Waals surface area contributed by atoms with Crippen LogP contribution in [-0.2, 0) is 12.1 Å². The summed E-state index contributed by atoms with van der Waals surface area (Å²) in [5.41, 5.74) is 0.926. The number of halogens is 1. The fourth-order valence-corrected chi connectivity index (χ4v) is 4.87. The SMILES string of the molecule is COc1ccc(C2(O)[C@@H]3CCC[C@H]2CN(Cc2ccccc2F)C3)cc1. The van der Waals surface area contributed by atoms with Gasteiger partial charge in [-0.2, -0.15) is 0 Å². The molecule has 1 unspecified atom stereocenters. The molecule has 1 N–H and O–H groups in total. The number of rotatable bonds is 4. The topological polar surface area (TPSA) is 32.7 Å². The second-order valence-corrected chi connectivity index (χ2v) is 7.66. The van der Waals surface area contributed by atoms with Crippen molar-refractivity contribution in [2.24, 2.45) is 11.8 Å². The van der Waals surface area contributed by atoms with Gasteiger partial charge in [-0.1, -0.05) is 36.8 Å². The van der Waals surface area contributed by atoms with E-state index in [4.69, 9.17) is 4.74 Å². The maximum Gasteiger partial charge on any atom is 0.127 e. The molecule has 1 saturated carbocycles. The molecular formula is C22H26FNO2. The molecule has 3 atom stereocenters. The van der Waals surface area contributed by atoms with Gasteiger partial charge in [0, 0.05) is 37.0 Å². The number of nitrogens with zero attached hydrogens (tertiary/aromatic N) is 1. The lowest BCUT2D eigenvalue weighted by atomic mass is 9.62. The monoisotopic (exact) mass is 355 g/mol. The Balaban J connectivity index is 1.57. The van der Waals surface area contributed by atoms with Crippen LogP contribution >= 0.6 is 0 Å². The lowest BCUT2D eigenvalue weighted by Crippen LogP contribution is -2.57. The third-order valence-electron chi connectivity index (χ3n) is 6.21. The summed E-state index contributed by atoms with van der Waals surface area (Å²) in [6.07, 6.45) is 3.17. The summed E-state index contributed by atoms with van der Waals surface area (Å²) in [6, 6.07) is 14.8. The number of ether oxygens (including phenoxy) is 1. The highest BCUT2D eigenvalue weighted by Crippen LogP contribution is 2.49. The quantitative estimate of drug-likeness (QED) is 0.901. The van der Waals surface area contributed by atoms with E-state index in [-0.39, 0.29) is 17.7 Å². The normalized spacial score (nSPS) is 28.7. The van der Waals surface area contributed by atoms with Crippen LogP contribution in [0.2, 0.25) is 0 Å². The van der Waals surface area contributed by atoms with E-state index in [1.165, 1.54) is 6.07 Å². The van der Waals surface area contributed by atoms with Crippen LogP contribution in [0.3, 0.4) is 0 Å². The van der Waals surface area contributed by atoms with Crippen LogP contribution in [0.15, 0.2) is 48.5 Å². The lowest BCUT2D eigenvalue weighted by Gasteiger charge is -2.53. The average molecular weight is 355 g/mol. The largest absolute Gasteiger partial charge is 0.497 e. The molecule has 1 aliphatic carbocycles. The van der Waals surface area contributed by atoms with Crippen LogP contribution in [-0.4, -0.2) is 30.2 Å². The molecule has 2 aromatic carbocycles.